The molecule has 1 heterocycles. The van der Waals surface area contributed by atoms with Gasteiger partial charge in [-0.25, -0.2) is 13.1 Å². The number of rotatable bonds is 5. The number of para-hydroxylation sites is 1. The number of benzene rings is 2. The Bertz CT molecular complexity index is 1120. The van der Waals surface area contributed by atoms with Crippen LogP contribution in [0.2, 0.25) is 0 Å². The smallest absolute Gasteiger partial charge is 0.269 e. The molecule has 2 aromatic carbocycles. The zero-order valence-electron chi connectivity index (χ0n) is 15.0. The predicted molar refractivity (Wildman–Crippen MR) is 102 cm³/mol. The molecule has 9 heteroatoms. The highest BCUT2D eigenvalue weighted by atomic mass is 32.2. The number of non-ortho nitro benzene ring substituents is 1. The third-order valence-electron chi connectivity index (χ3n) is 4.16. The number of sulfonamides is 1. The molecule has 8 nitrogen and oxygen atoms in total. The minimum absolute atomic E-state index is 0.0871. The van der Waals surface area contributed by atoms with E-state index in [4.69, 9.17) is 0 Å². The largest absolute Gasteiger partial charge is 0.279 e. The summed E-state index contributed by atoms with van der Waals surface area (Å²) in [5, 5.41) is 15.2. The minimum Gasteiger partial charge on any atom is -0.279 e. The van der Waals surface area contributed by atoms with Crippen LogP contribution in [0, 0.1) is 30.9 Å². The molecule has 3 rings (SSSR count). The molecule has 0 amide bonds. The summed E-state index contributed by atoms with van der Waals surface area (Å²) >= 11 is 0. The van der Waals surface area contributed by atoms with Crippen molar-refractivity contribution in [2.75, 3.05) is 4.72 Å². The Hall–Kier alpha value is -3.20. The molecular weight excluding hydrogens is 368 g/mol. The first kappa shape index (κ1) is 18.6. The number of aryl methyl sites for hydroxylation is 2. The van der Waals surface area contributed by atoms with E-state index in [1.807, 2.05) is 30.3 Å². The summed E-state index contributed by atoms with van der Waals surface area (Å²) in [7, 11) is -3.92. The maximum absolute atomic E-state index is 13.0. The van der Waals surface area contributed by atoms with Gasteiger partial charge < -0.3 is 0 Å². The maximum atomic E-state index is 13.0. The van der Waals surface area contributed by atoms with E-state index in [1.165, 1.54) is 18.2 Å². The van der Waals surface area contributed by atoms with Crippen molar-refractivity contribution in [1.29, 1.82) is 0 Å². The number of hydrogen-bond acceptors (Lipinski definition) is 5. The Labute approximate surface area is 156 Å². The van der Waals surface area contributed by atoms with Crippen LogP contribution in [0.4, 0.5) is 11.4 Å². The van der Waals surface area contributed by atoms with E-state index in [2.05, 4.69) is 9.82 Å². The van der Waals surface area contributed by atoms with Crippen molar-refractivity contribution in [1.82, 2.24) is 9.78 Å². The van der Waals surface area contributed by atoms with Crippen LogP contribution in [0.1, 0.15) is 17.0 Å². The molecule has 0 radical (unpaired) electrons. The van der Waals surface area contributed by atoms with Gasteiger partial charge in [0.1, 0.15) is 4.90 Å². The van der Waals surface area contributed by atoms with Crippen molar-refractivity contribution in [2.45, 2.75) is 25.7 Å². The van der Waals surface area contributed by atoms with E-state index in [-0.39, 0.29) is 16.3 Å². The SMILES string of the molecule is Cc1cc([N+](=O)[O-])ccc1NS(=O)(=O)c1c(C)nn(-c2ccccc2)c1C. The van der Waals surface area contributed by atoms with Crippen molar-refractivity contribution >= 4 is 21.4 Å². The lowest BCUT2D eigenvalue weighted by atomic mass is 10.2. The molecule has 0 aliphatic heterocycles. The Morgan fingerprint density at radius 1 is 1.07 bits per heavy atom. The Morgan fingerprint density at radius 3 is 2.33 bits per heavy atom. The van der Waals surface area contributed by atoms with Gasteiger partial charge in [0.15, 0.2) is 0 Å². The van der Waals surface area contributed by atoms with Crippen LogP contribution < -0.4 is 4.72 Å². The van der Waals surface area contributed by atoms with E-state index >= 15 is 0 Å². The lowest BCUT2D eigenvalue weighted by Gasteiger charge is -2.11. The molecule has 3 aromatic rings. The summed E-state index contributed by atoms with van der Waals surface area (Å²) < 4.78 is 30.0. The van der Waals surface area contributed by atoms with Gasteiger partial charge in [-0.1, -0.05) is 18.2 Å². The van der Waals surface area contributed by atoms with Crippen LogP contribution in [0.5, 0.6) is 0 Å². The lowest BCUT2D eigenvalue weighted by Crippen LogP contribution is -2.15. The molecule has 0 saturated carbocycles. The number of nitrogens with one attached hydrogen (secondary N) is 1. The molecule has 1 N–H and O–H groups in total. The van der Waals surface area contributed by atoms with Crippen LogP contribution in [-0.2, 0) is 10.0 Å². The number of aromatic nitrogens is 2. The van der Waals surface area contributed by atoms with Gasteiger partial charge in [0.05, 0.1) is 27.7 Å². The molecule has 0 unspecified atom stereocenters. The quantitative estimate of drug-likeness (QED) is 0.533. The standard InChI is InChI=1S/C18H18N4O4S/c1-12-11-16(22(23)24)9-10-17(12)20-27(25,26)18-13(2)19-21(14(18)3)15-7-5-4-6-8-15/h4-11,20H,1-3H3. The van der Waals surface area contributed by atoms with Crippen LogP contribution >= 0.6 is 0 Å². The van der Waals surface area contributed by atoms with Gasteiger partial charge in [-0.2, -0.15) is 5.10 Å². The van der Waals surface area contributed by atoms with Crippen LogP contribution in [-0.4, -0.2) is 23.1 Å². The fourth-order valence-electron chi connectivity index (χ4n) is 2.91. The normalized spacial score (nSPS) is 11.4. The Balaban J connectivity index is 2.01. The summed E-state index contributed by atoms with van der Waals surface area (Å²) in [6.07, 6.45) is 0. The number of nitro groups is 1. The summed E-state index contributed by atoms with van der Waals surface area (Å²) in [6.45, 7) is 4.92. The highest BCUT2D eigenvalue weighted by Crippen LogP contribution is 2.27. The van der Waals surface area contributed by atoms with Crippen LogP contribution in [0.25, 0.3) is 5.69 Å². The van der Waals surface area contributed by atoms with Crippen molar-refractivity contribution in [3.05, 3.63) is 75.6 Å². The number of hydrogen-bond donors (Lipinski definition) is 1. The van der Waals surface area contributed by atoms with Gasteiger partial charge in [-0.3, -0.25) is 14.8 Å². The number of nitrogens with zero attached hydrogens (tertiary/aromatic N) is 3. The van der Waals surface area contributed by atoms with Crippen LogP contribution in [0.15, 0.2) is 53.4 Å². The molecule has 0 fully saturated rings. The number of anilines is 1. The summed E-state index contributed by atoms with van der Waals surface area (Å²) in [6, 6.07) is 13.2. The molecule has 140 valence electrons. The molecule has 0 spiro atoms. The first-order valence-corrected chi connectivity index (χ1v) is 9.58. The first-order valence-electron chi connectivity index (χ1n) is 8.10. The Kier molecular flexibility index (Phi) is 4.71. The molecule has 0 aliphatic rings. The second-order valence-electron chi connectivity index (χ2n) is 6.11. The third-order valence-corrected chi connectivity index (χ3v) is 5.78. The van der Waals surface area contributed by atoms with E-state index in [9.17, 15) is 18.5 Å². The molecule has 0 atom stereocenters. The zero-order valence-corrected chi connectivity index (χ0v) is 15.8. The van der Waals surface area contributed by atoms with Gasteiger partial charge in [-0.15, -0.1) is 0 Å². The van der Waals surface area contributed by atoms with Crippen LogP contribution in [0.3, 0.4) is 0 Å². The molecule has 0 aliphatic carbocycles. The third kappa shape index (κ3) is 3.54. The van der Waals surface area contributed by atoms with Crippen molar-refractivity contribution in [2.24, 2.45) is 0 Å². The van der Waals surface area contributed by atoms with Crippen molar-refractivity contribution in [3.8, 4) is 5.69 Å². The van der Waals surface area contributed by atoms with E-state index < -0.39 is 14.9 Å². The maximum Gasteiger partial charge on any atom is 0.269 e. The van der Waals surface area contributed by atoms with Gasteiger partial charge in [0.2, 0.25) is 0 Å². The van der Waals surface area contributed by atoms with E-state index in [0.717, 1.165) is 5.69 Å². The van der Waals surface area contributed by atoms with Crippen molar-refractivity contribution < 1.29 is 13.3 Å². The monoisotopic (exact) mass is 386 g/mol. The van der Waals surface area contributed by atoms with Gasteiger partial charge in [0.25, 0.3) is 15.7 Å². The zero-order chi connectivity index (χ0) is 19.8. The molecule has 0 saturated heterocycles. The predicted octanol–water partition coefficient (Wildman–Crippen LogP) is 3.51. The van der Waals surface area contributed by atoms with Gasteiger partial charge in [-0.05, 0) is 44.5 Å². The van der Waals surface area contributed by atoms with E-state index in [0.29, 0.717) is 17.0 Å². The highest BCUT2D eigenvalue weighted by molar-refractivity contribution is 7.92. The molecule has 27 heavy (non-hydrogen) atoms. The topological polar surface area (TPSA) is 107 Å². The van der Waals surface area contributed by atoms with Gasteiger partial charge >= 0.3 is 0 Å². The summed E-state index contributed by atoms with van der Waals surface area (Å²) in [4.78, 5) is 10.4. The average Bonchev–Trinajstić information content (AvgIpc) is 2.92. The number of nitro benzene ring substituents is 1. The molecular formula is C18H18N4O4S. The average molecular weight is 386 g/mol. The fraction of sp³-hybridized carbons (Fsp3) is 0.167. The lowest BCUT2D eigenvalue weighted by molar-refractivity contribution is -0.384. The first-order chi connectivity index (χ1) is 12.7. The highest BCUT2D eigenvalue weighted by Gasteiger charge is 2.26. The second-order valence-corrected chi connectivity index (χ2v) is 7.73. The van der Waals surface area contributed by atoms with Gasteiger partial charge in [0, 0.05) is 12.1 Å². The summed E-state index contributed by atoms with van der Waals surface area (Å²) in [5.74, 6) is 0. The molecule has 1 aromatic heterocycles. The second kappa shape index (κ2) is 6.84. The van der Waals surface area contributed by atoms with E-state index in [1.54, 1.807) is 25.5 Å². The summed E-state index contributed by atoms with van der Waals surface area (Å²) in [5.41, 5.74) is 2.24. The van der Waals surface area contributed by atoms with Crippen molar-refractivity contribution in [3.63, 3.8) is 0 Å². The fourth-order valence-corrected chi connectivity index (χ4v) is 4.44. The molecule has 0 bridgehead atoms. The Morgan fingerprint density at radius 2 is 1.74 bits per heavy atom. The minimum atomic E-state index is -3.92.